The molecule has 0 aliphatic heterocycles. The lowest BCUT2D eigenvalue weighted by Gasteiger charge is -2.20. The van der Waals surface area contributed by atoms with E-state index in [0.717, 1.165) is 24.4 Å². The van der Waals surface area contributed by atoms with Gasteiger partial charge in [-0.3, -0.25) is 0 Å². The Bertz CT molecular complexity index is 551. The molecule has 2 rings (SSSR count). The summed E-state index contributed by atoms with van der Waals surface area (Å²) in [5.41, 5.74) is 4.06. The molecule has 0 aromatic heterocycles. The molecule has 21 heavy (non-hydrogen) atoms. The van der Waals surface area contributed by atoms with Crippen LogP contribution in [0.25, 0.3) is 0 Å². The van der Waals surface area contributed by atoms with Crippen LogP contribution in [0.15, 0.2) is 48.5 Å². The Morgan fingerprint density at radius 3 is 2.52 bits per heavy atom. The van der Waals surface area contributed by atoms with Crippen molar-refractivity contribution in [3.05, 3.63) is 70.2 Å². The highest BCUT2D eigenvalue weighted by molar-refractivity contribution is 6.30. The van der Waals surface area contributed by atoms with E-state index in [0.29, 0.717) is 6.04 Å². The van der Waals surface area contributed by atoms with E-state index in [1.807, 2.05) is 6.07 Å². The number of hydrogen-bond donors (Lipinski definition) is 1. The highest BCUT2D eigenvalue weighted by Gasteiger charge is 2.12. The van der Waals surface area contributed by atoms with Crippen LogP contribution in [0.5, 0.6) is 0 Å². The fourth-order valence-corrected chi connectivity index (χ4v) is 3.03. The minimum Gasteiger partial charge on any atom is -0.310 e. The molecule has 1 atom stereocenters. The van der Waals surface area contributed by atoms with Gasteiger partial charge in [0.05, 0.1) is 0 Å². The van der Waals surface area contributed by atoms with Crippen molar-refractivity contribution >= 4 is 11.6 Å². The summed E-state index contributed by atoms with van der Waals surface area (Å²) in [7, 11) is 0. The van der Waals surface area contributed by atoms with Crippen molar-refractivity contribution in [3.8, 4) is 0 Å². The SMILES string of the molecule is CCNC(CCCc1ccccc1)c1ccc(Cl)cc1C. The quantitative estimate of drug-likeness (QED) is 0.729. The Balaban J connectivity index is 1.98. The van der Waals surface area contributed by atoms with E-state index >= 15 is 0 Å². The highest BCUT2D eigenvalue weighted by Crippen LogP contribution is 2.25. The second-order valence-electron chi connectivity index (χ2n) is 5.49. The smallest absolute Gasteiger partial charge is 0.0408 e. The monoisotopic (exact) mass is 301 g/mol. The van der Waals surface area contributed by atoms with Gasteiger partial charge < -0.3 is 5.32 Å². The molecule has 1 unspecified atom stereocenters. The Morgan fingerprint density at radius 1 is 1.10 bits per heavy atom. The topological polar surface area (TPSA) is 12.0 Å². The number of nitrogens with one attached hydrogen (secondary N) is 1. The molecule has 0 radical (unpaired) electrons. The predicted octanol–water partition coefficient (Wildman–Crippen LogP) is 5.32. The van der Waals surface area contributed by atoms with Gasteiger partial charge >= 0.3 is 0 Å². The molecule has 0 saturated carbocycles. The average Bonchev–Trinajstić information content (AvgIpc) is 2.48. The molecule has 1 N–H and O–H groups in total. The standard InChI is InChI=1S/C19H24ClN/c1-3-21-19(18-13-12-17(20)14-15(18)2)11-7-10-16-8-5-4-6-9-16/h4-6,8-9,12-14,19,21H,3,7,10-11H2,1-2H3. The van der Waals surface area contributed by atoms with Crippen LogP contribution < -0.4 is 5.32 Å². The maximum atomic E-state index is 6.06. The second kappa shape index (κ2) is 8.21. The average molecular weight is 302 g/mol. The van der Waals surface area contributed by atoms with Crippen molar-refractivity contribution in [1.29, 1.82) is 0 Å². The van der Waals surface area contributed by atoms with Crippen LogP contribution >= 0.6 is 11.6 Å². The second-order valence-corrected chi connectivity index (χ2v) is 5.93. The van der Waals surface area contributed by atoms with Gasteiger partial charge in [-0.25, -0.2) is 0 Å². The minimum atomic E-state index is 0.413. The summed E-state index contributed by atoms with van der Waals surface area (Å²) in [6.45, 7) is 5.29. The summed E-state index contributed by atoms with van der Waals surface area (Å²) >= 11 is 6.06. The zero-order valence-corrected chi connectivity index (χ0v) is 13.7. The summed E-state index contributed by atoms with van der Waals surface area (Å²) in [6, 6.07) is 17.3. The summed E-state index contributed by atoms with van der Waals surface area (Å²) in [5.74, 6) is 0. The zero-order chi connectivity index (χ0) is 15.1. The number of aryl methyl sites for hydroxylation is 2. The van der Waals surface area contributed by atoms with Crippen LogP contribution in [0.4, 0.5) is 0 Å². The van der Waals surface area contributed by atoms with Gasteiger partial charge in [-0.15, -0.1) is 0 Å². The van der Waals surface area contributed by atoms with Gasteiger partial charge in [0, 0.05) is 11.1 Å². The Labute approximate surface area is 133 Å². The lowest BCUT2D eigenvalue weighted by Crippen LogP contribution is -2.21. The molecule has 2 heteroatoms. The number of benzene rings is 2. The number of halogens is 1. The molecule has 0 spiro atoms. The summed E-state index contributed by atoms with van der Waals surface area (Å²) in [6.07, 6.45) is 3.46. The molecule has 112 valence electrons. The van der Waals surface area contributed by atoms with Gasteiger partial charge in [0.15, 0.2) is 0 Å². The molecule has 0 fully saturated rings. The van der Waals surface area contributed by atoms with Crippen molar-refractivity contribution in [1.82, 2.24) is 5.32 Å². The Hall–Kier alpha value is -1.31. The lowest BCUT2D eigenvalue weighted by atomic mass is 9.95. The zero-order valence-electron chi connectivity index (χ0n) is 12.9. The van der Waals surface area contributed by atoms with Crippen molar-refractivity contribution < 1.29 is 0 Å². The molecule has 0 aliphatic carbocycles. The van der Waals surface area contributed by atoms with E-state index in [1.165, 1.54) is 23.1 Å². The Kier molecular flexibility index (Phi) is 6.28. The number of hydrogen-bond acceptors (Lipinski definition) is 1. The maximum absolute atomic E-state index is 6.06. The number of rotatable bonds is 7. The lowest BCUT2D eigenvalue weighted by molar-refractivity contribution is 0.496. The molecular weight excluding hydrogens is 278 g/mol. The van der Waals surface area contributed by atoms with Gasteiger partial charge in [-0.05, 0) is 61.6 Å². The van der Waals surface area contributed by atoms with E-state index in [4.69, 9.17) is 11.6 Å². The highest BCUT2D eigenvalue weighted by atomic mass is 35.5. The normalized spacial score (nSPS) is 12.3. The molecular formula is C19H24ClN. The van der Waals surface area contributed by atoms with Crippen LogP contribution in [0, 0.1) is 6.92 Å². The van der Waals surface area contributed by atoms with E-state index in [1.54, 1.807) is 0 Å². The van der Waals surface area contributed by atoms with Gasteiger partial charge in [0.2, 0.25) is 0 Å². The van der Waals surface area contributed by atoms with Crippen LogP contribution in [0.3, 0.4) is 0 Å². The van der Waals surface area contributed by atoms with E-state index in [9.17, 15) is 0 Å². The van der Waals surface area contributed by atoms with Gasteiger partial charge in [0.1, 0.15) is 0 Å². The van der Waals surface area contributed by atoms with Crippen LogP contribution in [0.2, 0.25) is 5.02 Å². The van der Waals surface area contributed by atoms with Crippen LogP contribution in [-0.4, -0.2) is 6.54 Å². The van der Waals surface area contributed by atoms with Crippen molar-refractivity contribution in [2.75, 3.05) is 6.54 Å². The van der Waals surface area contributed by atoms with Crippen LogP contribution in [0.1, 0.15) is 42.5 Å². The van der Waals surface area contributed by atoms with Crippen molar-refractivity contribution in [2.24, 2.45) is 0 Å². The summed E-state index contributed by atoms with van der Waals surface area (Å²) in [4.78, 5) is 0. The first-order chi connectivity index (χ1) is 10.2. The largest absolute Gasteiger partial charge is 0.310 e. The van der Waals surface area contributed by atoms with Crippen LogP contribution in [-0.2, 0) is 6.42 Å². The van der Waals surface area contributed by atoms with Gasteiger partial charge in [-0.2, -0.15) is 0 Å². The van der Waals surface area contributed by atoms with E-state index in [2.05, 4.69) is 61.6 Å². The van der Waals surface area contributed by atoms with Gasteiger partial charge in [-0.1, -0.05) is 54.9 Å². The summed E-state index contributed by atoms with van der Waals surface area (Å²) < 4.78 is 0. The minimum absolute atomic E-state index is 0.413. The molecule has 0 bridgehead atoms. The Morgan fingerprint density at radius 2 is 1.86 bits per heavy atom. The van der Waals surface area contributed by atoms with Gasteiger partial charge in [0.25, 0.3) is 0 Å². The fraction of sp³-hybridized carbons (Fsp3) is 0.368. The third-order valence-corrected chi connectivity index (χ3v) is 4.09. The maximum Gasteiger partial charge on any atom is 0.0408 e. The molecule has 1 nitrogen and oxygen atoms in total. The van der Waals surface area contributed by atoms with Crippen molar-refractivity contribution in [2.45, 2.75) is 39.2 Å². The first-order valence-electron chi connectivity index (χ1n) is 7.74. The molecule has 0 aliphatic rings. The molecule has 2 aromatic rings. The molecule has 0 saturated heterocycles. The molecule has 0 amide bonds. The van der Waals surface area contributed by atoms with E-state index < -0.39 is 0 Å². The predicted molar refractivity (Wildman–Crippen MR) is 92.0 cm³/mol. The third-order valence-electron chi connectivity index (χ3n) is 3.86. The van der Waals surface area contributed by atoms with Crippen molar-refractivity contribution in [3.63, 3.8) is 0 Å². The fourth-order valence-electron chi connectivity index (χ4n) is 2.80. The summed E-state index contributed by atoms with van der Waals surface area (Å²) in [5, 5.41) is 4.42. The first-order valence-corrected chi connectivity index (χ1v) is 8.12. The van der Waals surface area contributed by atoms with E-state index in [-0.39, 0.29) is 0 Å². The first kappa shape index (κ1) is 16.1. The molecule has 2 aromatic carbocycles. The third kappa shape index (κ3) is 4.87. The molecule has 0 heterocycles.